The molecule has 0 fully saturated rings. The van der Waals surface area contributed by atoms with Crippen molar-refractivity contribution >= 4 is 46.1 Å². The Kier molecular flexibility index (Phi) is 5.31. The molecule has 0 saturated carbocycles. The van der Waals surface area contributed by atoms with Gasteiger partial charge in [0.25, 0.3) is 5.91 Å². The van der Waals surface area contributed by atoms with Crippen LogP contribution in [-0.2, 0) is 0 Å². The first-order valence-electron chi connectivity index (χ1n) is 8.90. The SMILES string of the molecule is COc1cc(N=Cc2ccc(Cl)cc2)ccc1NC(=O)c1cc2ccccc2o1. The van der Waals surface area contributed by atoms with E-state index in [0.717, 1.165) is 10.9 Å². The van der Waals surface area contributed by atoms with Crippen molar-refractivity contribution in [2.24, 2.45) is 4.99 Å². The van der Waals surface area contributed by atoms with Crippen LogP contribution < -0.4 is 10.1 Å². The fourth-order valence-electron chi connectivity index (χ4n) is 2.84. The number of fused-ring (bicyclic) bond motifs is 1. The third-order valence-electron chi connectivity index (χ3n) is 4.32. The highest BCUT2D eigenvalue weighted by Gasteiger charge is 2.14. The number of rotatable bonds is 5. The molecule has 0 aliphatic carbocycles. The molecular formula is C23H17ClN2O3. The normalized spacial score (nSPS) is 11.1. The number of para-hydroxylation sites is 1. The molecule has 4 aromatic rings. The minimum absolute atomic E-state index is 0.234. The number of carbonyl (C=O) groups is 1. The van der Waals surface area contributed by atoms with Gasteiger partial charge in [0.15, 0.2) is 5.76 Å². The van der Waals surface area contributed by atoms with Crippen molar-refractivity contribution in [2.45, 2.75) is 0 Å². The summed E-state index contributed by atoms with van der Waals surface area (Å²) in [6.45, 7) is 0. The van der Waals surface area contributed by atoms with Crippen LogP contribution in [-0.4, -0.2) is 19.2 Å². The van der Waals surface area contributed by atoms with Crippen molar-refractivity contribution < 1.29 is 13.9 Å². The maximum absolute atomic E-state index is 12.6. The fourth-order valence-corrected chi connectivity index (χ4v) is 2.97. The van der Waals surface area contributed by atoms with E-state index in [9.17, 15) is 4.79 Å². The molecule has 0 unspecified atom stereocenters. The Balaban J connectivity index is 1.53. The average Bonchev–Trinajstić information content (AvgIpc) is 3.18. The van der Waals surface area contributed by atoms with Crippen LogP contribution in [0.2, 0.25) is 5.02 Å². The number of hydrogen-bond acceptors (Lipinski definition) is 4. The van der Waals surface area contributed by atoms with E-state index in [-0.39, 0.29) is 11.7 Å². The molecule has 4 rings (SSSR count). The zero-order valence-electron chi connectivity index (χ0n) is 15.6. The molecule has 0 bridgehead atoms. The van der Waals surface area contributed by atoms with Gasteiger partial charge in [-0.05, 0) is 42.0 Å². The molecule has 0 aliphatic heterocycles. The van der Waals surface area contributed by atoms with E-state index in [4.69, 9.17) is 20.8 Å². The van der Waals surface area contributed by atoms with E-state index in [1.165, 1.54) is 0 Å². The molecule has 0 atom stereocenters. The van der Waals surface area contributed by atoms with Crippen molar-refractivity contribution in [3.05, 3.63) is 89.1 Å². The summed E-state index contributed by atoms with van der Waals surface area (Å²) in [5.74, 6) is 0.384. The molecule has 0 aliphatic rings. The Morgan fingerprint density at radius 1 is 1.07 bits per heavy atom. The monoisotopic (exact) mass is 404 g/mol. The minimum Gasteiger partial charge on any atom is -0.494 e. The van der Waals surface area contributed by atoms with Gasteiger partial charge in [-0.25, -0.2) is 0 Å². The molecule has 1 N–H and O–H groups in total. The number of nitrogens with one attached hydrogen (secondary N) is 1. The number of amides is 1. The Morgan fingerprint density at radius 2 is 1.86 bits per heavy atom. The summed E-state index contributed by atoms with van der Waals surface area (Å²) >= 11 is 5.89. The van der Waals surface area contributed by atoms with Crippen molar-refractivity contribution in [3.63, 3.8) is 0 Å². The third-order valence-corrected chi connectivity index (χ3v) is 4.57. The van der Waals surface area contributed by atoms with Gasteiger partial charge < -0.3 is 14.5 Å². The van der Waals surface area contributed by atoms with Crippen LogP contribution in [0.3, 0.4) is 0 Å². The number of furan rings is 1. The van der Waals surface area contributed by atoms with Crippen LogP contribution in [0.5, 0.6) is 5.75 Å². The van der Waals surface area contributed by atoms with Gasteiger partial charge in [-0.15, -0.1) is 0 Å². The molecule has 1 aromatic heterocycles. The number of hydrogen-bond donors (Lipinski definition) is 1. The maximum atomic E-state index is 12.6. The topological polar surface area (TPSA) is 63.8 Å². The Bertz CT molecular complexity index is 1160. The highest BCUT2D eigenvalue weighted by atomic mass is 35.5. The maximum Gasteiger partial charge on any atom is 0.291 e. The lowest BCUT2D eigenvalue weighted by atomic mass is 10.2. The van der Waals surface area contributed by atoms with E-state index in [1.807, 2.05) is 36.4 Å². The second kappa shape index (κ2) is 8.20. The van der Waals surface area contributed by atoms with E-state index in [0.29, 0.717) is 27.7 Å². The highest BCUT2D eigenvalue weighted by Crippen LogP contribution is 2.30. The molecule has 0 radical (unpaired) electrons. The number of anilines is 1. The molecule has 0 saturated heterocycles. The zero-order valence-corrected chi connectivity index (χ0v) is 16.3. The number of methoxy groups -OCH3 is 1. The van der Waals surface area contributed by atoms with Crippen LogP contribution in [0.15, 0.2) is 82.2 Å². The summed E-state index contributed by atoms with van der Waals surface area (Å²) < 4.78 is 11.0. The zero-order chi connectivity index (χ0) is 20.2. The van der Waals surface area contributed by atoms with Gasteiger partial charge in [-0.1, -0.05) is 41.9 Å². The fraction of sp³-hybridized carbons (Fsp3) is 0.0435. The summed E-state index contributed by atoms with van der Waals surface area (Å²) in [5.41, 5.74) is 2.81. The molecule has 3 aromatic carbocycles. The summed E-state index contributed by atoms with van der Waals surface area (Å²) in [6.07, 6.45) is 1.73. The minimum atomic E-state index is -0.350. The Hall–Kier alpha value is -3.57. The van der Waals surface area contributed by atoms with Gasteiger partial charge in [-0.2, -0.15) is 0 Å². The second-order valence-electron chi connectivity index (χ2n) is 6.30. The lowest BCUT2D eigenvalue weighted by molar-refractivity contribution is 0.0998. The molecule has 0 spiro atoms. The van der Waals surface area contributed by atoms with Crippen molar-refractivity contribution in [1.29, 1.82) is 0 Å². The lowest BCUT2D eigenvalue weighted by Crippen LogP contribution is -2.11. The molecule has 29 heavy (non-hydrogen) atoms. The smallest absolute Gasteiger partial charge is 0.291 e. The number of ether oxygens (including phenoxy) is 1. The average molecular weight is 405 g/mol. The van der Waals surface area contributed by atoms with Crippen LogP contribution in [0.25, 0.3) is 11.0 Å². The molecule has 5 nitrogen and oxygen atoms in total. The first-order valence-corrected chi connectivity index (χ1v) is 9.28. The first kappa shape index (κ1) is 18.8. The Labute approximate surface area is 172 Å². The van der Waals surface area contributed by atoms with Crippen molar-refractivity contribution in [3.8, 4) is 5.75 Å². The van der Waals surface area contributed by atoms with E-state index in [1.54, 1.807) is 49.7 Å². The number of halogens is 1. The molecule has 1 heterocycles. The van der Waals surface area contributed by atoms with Crippen molar-refractivity contribution in [1.82, 2.24) is 0 Å². The van der Waals surface area contributed by atoms with Crippen LogP contribution in [0.4, 0.5) is 11.4 Å². The van der Waals surface area contributed by atoms with Crippen LogP contribution >= 0.6 is 11.6 Å². The van der Waals surface area contributed by atoms with E-state index < -0.39 is 0 Å². The van der Waals surface area contributed by atoms with Gasteiger partial charge in [-0.3, -0.25) is 9.79 Å². The molecular weight excluding hydrogens is 388 g/mol. The highest BCUT2D eigenvalue weighted by molar-refractivity contribution is 6.30. The summed E-state index contributed by atoms with van der Waals surface area (Å²) in [6, 6.07) is 21.8. The van der Waals surface area contributed by atoms with Gasteiger partial charge in [0.2, 0.25) is 0 Å². The number of aliphatic imine (C=N–C) groups is 1. The number of carbonyl (C=O) groups excluding carboxylic acids is 1. The summed E-state index contributed by atoms with van der Waals surface area (Å²) in [7, 11) is 1.54. The first-order chi connectivity index (χ1) is 14.1. The number of benzene rings is 3. The third kappa shape index (κ3) is 4.31. The molecule has 6 heteroatoms. The van der Waals surface area contributed by atoms with Crippen molar-refractivity contribution in [2.75, 3.05) is 12.4 Å². The van der Waals surface area contributed by atoms with E-state index >= 15 is 0 Å². The van der Waals surface area contributed by atoms with Gasteiger partial charge in [0.1, 0.15) is 11.3 Å². The van der Waals surface area contributed by atoms with Gasteiger partial charge >= 0.3 is 0 Å². The van der Waals surface area contributed by atoms with Crippen LogP contribution in [0, 0.1) is 0 Å². The lowest BCUT2D eigenvalue weighted by Gasteiger charge is -2.10. The summed E-state index contributed by atoms with van der Waals surface area (Å²) in [4.78, 5) is 17.0. The second-order valence-corrected chi connectivity index (χ2v) is 6.73. The predicted octanol–water partition coefficient (Wildman–Crippen LogP) is 6.10. The summed E-state index contributed by atoms with van der Waals surface area (Å²) in [5, 5.41) is 4.37. The predicted molar refractivity (Wildman–Crippen MR) is 116 cm³/mol. The quantitative estimate of drug-likeness (QED) is 0.409. The molecule has 144 valence electrons. The van der Waals surface area contributed by atoms with Gasteiger partial charge in [0.05, 0.1) is 18.5 Å². The largest absolute Gasteiger partial charge is 0.494 e. The van der Waals surface area contributed by atoms with Crippen LogP contribution in [0.1, 0.15) is 16.1 Å². The number of nitrogens with zero attached hydrogens (tertiary/aromatic N) is 1. The standard InChI is InChI=1S/C23H17ClN2O3/c1-28-21-13-18(25-14-15-6-8-17(24)9-7-15)10-11-19(21)26-23(27)22-12-16-4-2-3-5-20(16)29-22/h2-14H,1H3,(H,26,27). The van der Waals surface area contributed by atoms with E-state index in [2.05, 4.69) is 10.3 Å². The Morgan fingerprint density at radius 3 is 2.62 bits per heavy atom. The molecule has 1 amide bonds. The van der Waals surface area contributed by atoms with Gasteiger partial charge in [0, 0.05) is 22.7 Å².